The molecule has 3 rings (SSSR count). The van der Waals surface area contributed by atoms with E-state index in [0.29, 0.717) is 17.8 Å². The van der Waals surface area contributed by atoms with Gasteiger partial charge < -0.3 is 0 Å². The Kier molecular flexibility index (Phi) is 4.73. The summed E-state index contributed by atoms with van der Waals surface area (Å²) in [5, 5.41) is 6.36. The fraction of sp³-hybridized carbons (Fsp3) is 0.118. The Morgan fingerprint density at radius 2 is 2.00 bits per heavy atom. The smallest absolute Gasteiger partial charge is 0.206 e. The Morgan fingerprint density at radius 3 is 2.74 bits per heavy atom. The zero-order valence-corrected chi connectivity index (χ0v) is 13.4. The summed E-state index contributed by atoms with van der Waals surface area (Å²) in [6.45, 7) is 2.60. The van der Waals surface area contributed by atoms with Crippen molar-refractivity contribution >= 4 is 17.6 Å². The minimum Gasteiger partial charge on any atom is -0.265 e. The number of aromatic nitrogens is 2. The number of hydrogen-bond donors (Lipinski definition) is 0. The molecular weight excluding hydrogens is 311 g/mol. The van der Waals surface area contributed by atoms with Crippen LogP contribution in [0.1, 0.15) is 12.5 Å². The minimum absolute atomic E-state index is 0.277. The second-order valence-corrected chi connectivity index (χ2v) is 5.53. The number of pyridine rings is 1. The van der Waals surface area contributed by atoms with E-state index in [0.717, 1.165) is 10.4 Å². The summed E-state index contributed by atoms with van der Waals surface area (Å²) in [4.78, 5) is 9.14. The molecule has 0 amide bonds. The molecule has 0 N–H and O–H groups in total. The number of thiazole rings is 1. The van der Waals surface area contributed by atoms with E-state index in [2.05, 4.69) is 15.1 Å². The molecule has 2 aromatic heterocycles. The predicted octanol–water partition coefficient (Wildman–Crippen LogP) is 3.55. The molecule has 0 bridgehead atoms. The van der Waals surface area contributed by atoms with E-state index in [-0.39, 0.29) is 5.82 Å². The molecular formula is C17H15FN4S. The van der Waals surface area contributed by atoms with Crippen molar-refractivity contribution in [1.29, 1.82) is 0 Å². The van der Waals surface area contributed by atoms with Crippen LogP contribution in [0.2, 0.25) is 0 Å². The Labute approximate surface area is 137 Å². The van der Waals surface area contributed by atoms with Crippen molar-refractivity contribution in [3.05, 3.63) is 70.4 Å². The van der Waals surface area contributed by atoms with Crippen LogP contribution < -0.4 is 4.80 Å². The van der Waals surface area contributed by atoms with Crippen molar-refractivity contribution < 1.29 is 4.39 Å². The molecule has 0 fully saturated rings. The van der Waals surface area contributed by atoms with E-state index in [9.17, 15) is 4.39 Å². The fourth-order valence-electron chi connectivity index (χ4n) is 2.08. The lowest BCUT2D eigenvalue weighted by atomic mass is 10.1. The molecule has 0 aliphatic heterocycles. The normalized spacial score (nSPS) is 12.2. The van der Waals surface area contributed by atoms with Gasteiger partial charge in [-0.2, -0.15) is 5.10 Å². The highest BCUT2D eigenvalue weighted by molar-refractivity contribution is 7.07. The van der Waals surface area contributed by atoms with Crippen LogP contribution in [0.25, 0.3) is 11.3 Å². The predicted molar refractivity (Wildman–Crippen MR) is 91.0 cm³/mol. The fourth-order valence-corrected chi connectivity index (χ4v) is 2.98. The first kappa shape index (κ1) is 15.3. The van der Waals surface area contributed by atoms with Crippen LogP contribution >= 0.6 is 11.3 Å². The Hall–Kier alpha value is -2.60. The van der Waals surface area contributed by atoms with E-state index < -0.39 is 0 Å². The third-order valence-corrected chi connectivity index (χ3v) is 4.01. The van der Waals surface area contributed by atoms with Gasteiger partial charge in [0.05, 0.1) is 11.9 Å². The highest BCUT2D eigenvalue weighted by atomic mass is 32.1. The van der Waals surface area contributed by atoms with Crippen molar-refractivity contribution in [3.8, 4) is 11.3 Å². The lowest BCUT2D eigenvalue weighted by Crippen LogP contribution is -2.12. The van der Waals surface area contributed by atoms with E-state index in [4.69, 9.17) is 0 Å². The summed E-state index contributed by atoms with van der Waals surface area (Å²) in [5.41, 5.74) is 2.11. The number of hydrogen-bond acceptors (Lipinski definition) is 4. The number of benzene rings is 1. The molecule has 0 atom stereocenters. The number of nitrogens with zero attached hydrogens (tertiary/aromatic N) is 4. The van der Waals surface area contributed by atoms with Gasteiger partial charge >= 0.3 is 0 Å². The average Bonchev–Trinajstić information content (AvgIpc) is 2.97. The highest BCUT2D eigenvalue weighted by Crippen LogP contribution is 2.23. The average molecular weight is 326 g/mol. The van der Waals surface area contributed by atoms with Crippen molar-refractivity contribution in [1.82, 2.24) is 9.66 Å². The standard InChI is InChI=1S/C17H15FN4S/c1-2-20-17-22(21-11-13-7-9-19-10-8-13)16(12-23-17)14-5-3-4-6-15(14)18/h3-12H,2H2,1H3. The van der Waals surface area contributed by atoms with Gasteiger partial charge in [0.15, 0.2) is 0 Å². The first-order valence-corrected chi connectivity index (χ1v) is 8.08. The molecule has 23 heavy (non-hydrogen) atoms. The molecule has 2 heterocycles. The molecule has 3 aromatic rings. The van der Waals surface area contributed by atoms with Crippen LogP contribution in [-0.4, -0.2) is 22.4 Å². The minimum atomic E-state index is -0.277. The maximum Gasteiger partial charge on any atom is 0.206 e. The van der Waals surface area contributed by atoms with Gasteiger partial charge in [0.25, 0.3) is 0 Å². The van der Waals surface area contributed by atoms with Gasteiger partial charge in [-0.25, -0.2) is 9.07 Å². The van der Waals surface area contributed by atoms with Crippen molar-refractivity contribution in [3.63, 3.8) is 0 Å². The SMILES string of the molecule is CCN=c1scc(-c2ccccc2F)n1N=Cc1ccncc1. The van der Waals surface area contributed by atoms with E-state index >= 15 is 0 Å². The third kappa shape index (κ3) is 3.43. The van der Waals surface area contributed by atoms with Gasteiger partial charge in [-0.15, -0.1) is 11.3 Å². The van der Waals surface area contributed by atoms with Gasteiger partial charge in [-0.3, -0.25) is 9.98 Å². The van der Waals surface area contributed by atoms with Gasteiger partial charge in [0, 0.05) is 29.9 Å². The van der Waals surface area contributed by atoms with Crippen LogP contribution in [0.5, 0.6) is 0 Å². The van der Waals surface area contributed by atoms with Crippen molar-refractivity contribution in [2.24, 2.45) is 10.1 Å². The Morgan fingerprint density at radius 1 is 1.22 bits per heavy atom. The van der Waals surface area contributed by atoms with Crippen LogP contribution in [0.15, 0.2) is 64.3 Å². The zero-order valence-electron chi connectivity index (χ0n) is 12.6. The molecule has 0 radical (unpaired) electrons. The summed E-state index contributed by atoms with van der Waals surface area (Å²) >= 11 is 1.44. The van der Waals surface area contributed by atoms with Gasteiger partial charge in [-0.1, -0.05) is 12.1 Å². The molecule has 6 heteroatoms. The molecule has 0 aliphatic rings. The maximum absolute atomic E-state index is 14.1. The summed E-state index contributed by atoms with van der Waals surface area (Å²) in [7, 11) is 0. The third-order valence-electron chi connectivity index (χ3n) is 3.16. The maximum atomic E-state index is 14.1. The summed E-state index contributed by atoms with van der Waals surface area (Å²) < 4.78 is 15.8. The summed E-state index contributed by atoms with van der Waals surface area (Å²) in [6, 6.07) is 10.4. The first-order valence-electron chi connectivity index (χ1n) is 7.20. The van der Waals surface area contributed by atoms with Crippen molar-refractivity contribution in [2.45, 2.75) is 6.92 Å². The quantitative estimate of drug-likeness (QED) is 0.676. The number of halogens is 1. The van der Waals surface area contributed by atoms with Crippen LogP contribution in [0.4, 0.5) is 4.39 Å². The second kappa shape index (κ2) is 7.11. The molecule has 0 saturated carbocycles. The van der Waals surface area contributed by atoms with E-state index in [1.54, 1.807) is 35.4 Å². The molecule has 0 spiro atoms. The molecule has 4 nitrogen and oxygen atoms in total. The van der Waals surface area contributed by atoms with Gasteiger partial charge in [-0.05, 0) is 36.8 Å². The lowest BCUT2D eigenvalue weighted by molar-refractivity contribution is 0.629. The zero-order chi connectivity index (χ0) is 16.1. The molecule has 0 saturated heterocycles. The Balaban J connectivity index is 2.11. The van der Waals surface area contributed by atoms with Gasteiger partial charge in [0.2, 0.25) is 4.80 Å². The van der Waals surface area contributed by atoms with Crippen LogP contribution in [0, 0.1) is 5.82 Å². The van der Waals surface area contributed by atoms with Crippen LogP contribution in [-0.2, 0) is 0 Å². The van der Waals surface area contributed by atoms with Crippen molar-refractivity contribution in [2.75, 3.05) is 6.54 Å². The topological polar surface area (TPSA) is 42.5 Å². The molecule has 0 aliphatic carbocycles. The monoisotopic (exact) mass is 326 g/mol. The lowest BCUT2D eigenvalue weighted by Gasteiger charge is -2.04. The van der Waals surface area contributed by atoms with E-state index in [1.807, 2.05) is 30.5 Å². The van der Waals surface area contributed by atoms with Crippen LogP contribution in [0.3, 0.4) is 0 Å². The van der Waals surface area contributed by atoms with Gasteiger partial charge in [0.1, 0.15) is 5.82 Å². The second-order valence-electron chi connectivity index (χ2n) is 4.69. The number of rotatable bonds is 4. The largest absolute Gasteiger partial charge is 0.265 e. The Bertz CT molecular complexity index is 881. The molecule has 1 aromatic carbocycles. The first-order chi connectivity index (χ1) is 11.3. The molecule has 116 valence electrons. The summed E-state index contributed by atoms with van der Waals surface area (Å²) in [6.07, 6.45) is 5.12. The van der Waals surface area contributed by atoms with E-state index in [1.165, 1.54) is 17.4 Å². The highest BCUT2D eigenvalue weighted by Gasteiger charge is 2.11. The summed E-state index contributed by atoms with van der Waals surface area (Å²) in [5.74, 6) is -0.277. The molecule has 0 unspecified atom stereocenters.